The Hall–Kier alpha value is -2.24. The van der Waals surface area contributed by atoms with Crippen molar-refractivity contribution < 1.29 is 14.3 Å². The summed E-state index contributed by atoms with van der Waals surface area (Å²) in [5.74, 6) is 0.782. The number of carbonyl (C=O) groups excluding carboxylic acids is 2. The molecular weight excluding hydrogens is 366 g/mol. The fraction of sp³-hybridized carbons (Fsp3) is 0.652. The summed E-state index contributed by atoms with van der Waals surface area (Å²) in [4.78, 5) is 24.9. The molecule has 2 rings (SSSR count). The number of benzene rings is 1. The molecule has 29 heavy (non-hydrogen) atoms. The first-order valence-electron chi connectivity index (χ1n) is 10.9. The van der Waals surface area contributed by atoms with Gasteiger partial charge in [-0.05, 0) is 70.6 Å². The van der Waals surface area contributed by atoms with Gasteiger partial charge in [-0.25, -0.2) is 4.79 Å². The average molecular weight is 404 g/mol. The molecular formula is C23H37N3O3. The highest BCUT2D eigenvalue weighted by Crippen LogP contribution is 2.33. The SMILES string of the molecule is CCCCCC1CCC(C(=O)Nc2ccc(N)cc2NC(=O)OC(C)(C)C)CC1. The average Bonchev–Trinajstić information content (AvgIpc) is 2.63. The van der Waals surface area contributed by atoms with E-state index in [0.29, 0.717) is 17.1 Å². The van der Waals surface area contributed by atoms with E-state index in [1.54, 1.807) is 39.0 Å². The molecule has 6 heteroatoms. The van der Waals surface area contributed by atoms with Gasteiger partial charge in [-0.1, -0.05) is 32.6 Å². The maximum atomic E-state index is 12.8. The third kappa shape index (κ3) is 7.95. The smallest absolute Gasteiger partial charge is 0.412 e. The number of anilines is 3. The number of rotatable bonds is 7. The van der Waals surface area contributed by atoms with E-state index < -0.39 is 11.7 Å². The van der Waals surface area contributed by atoms with E-state index in [1.165, 1.54) is 25.7 Å². The molecule has 1 fully saturated rings. The van der Waals surface area contributed by atoms with Crippen LogP contribution in [0.1, 0.15) is 79.1 Å². The van der Waals surface area contributed by atoms with E-state index in [-0.39, 0.29) is 11.8 Å². The Kier molecular flexibility index (Phi) is 8.35. The lowest BCUT2D eigenvalue weighted by Crippen LogP contribution is -2.29. The minimum Gasteiger partial charge on any atom is -0.444 e. The summed E-state index contributed by atoms with van der Waals surface area (Å²) in [6.07, 6.45) is 8.63. The van der Waals surface area contributed by atoms with Crippen LogP contribution in [0.2, 0.25) is 0 Å². The largest absolute Gasteiger partial charge is 0.444 e. The molecule has 1 aromatic rings. The van der Waals surface area contributed by atoms with Crippen molar-refractivity contribution in [3.8, 4) is 0 Å². The van der Waals surface area contributed by atoms with E-state index >= 15 is 0 Å². The van der Waals surface area contributed by atoms with Crippen LogP contribution in [0.15, 0.2) is 18.2 Å². The van der Waals surface area contributed by atoms with Crippen LogP contribution >= 0.6 is 0 Å². The fourth-order valence-electron chi connectivity index (χ4n) is 3.82. The molecule has 1 aliphatic rings. The quantitative estimate of drug-likeness (QED) is 0.388. The summed E-state index contributed by atoms with van der Waals surface area (Å²) >= 11 is 0. The van der Waals surface area contributed by atoms with Gasteiger partial charge in [0.25, 0.3) is 0 Å². The zero-order chi connectivity index (χ0) is 21.4. The lowest BCUT2D eigenvalue weighted by Gasteiger charge is -2.28. The van der Waals surface area contributed by atoms with Gasteiger partial charge in [0.1, 0.15) is 5.60 Å². The molecule has 0 radical (unpaired) electrons. The van der Waals surface area contributed by atoms with Crippen LogP contribution in [-0.4, -0.2) is 17.6 Å². The van der Waals surface area contributed by atoms with Gasteiger partial charge in [-0.3, -0.25) is 10.1 Å². The molecule has 2 amide bonds. The highest BCUT2D eigenvalue weighted by atomic mass is 16.6. The standard InChI is InChI=1S/C23H37N3O3/c1-5-6-7-8-16-9-11-17(12-10-16)21(27)25-19-14-13-18(24)15-20(19)26-22(28)29-23(2,3)4/h13-17H,5-12,24H2,1-4H3,(H,25,27)(H,26,28). The maximum Gasteiger partial charge on any atom is 0.412 e. The molecule has 0 saturated heterocycles. The van der Waals surface area contributed by atoms with E-state index in [2.05, 4.69) is 17.6 Å². The van der Waals surface area contributed by atoms with E-state index in [9.17, 15) is 9.59 Å². The minimum absolute atomic E-state index is 0.00835. The van der Waals surface area contributed by atoms with Gasteiger partial charge in [0.05, 0.1) is 11.4 Å². The van der Waals surface area contributed by atoms with Crippen LogP contribution in [0.4, 0.5) is 21.9 Å². The molecule has 1 saturated carbocycles. The van der Waals surface area contributed by atoms with Crippen LogP contribution in [-0.2, 0) is 9.53 Å². The highest BCUT2D eigenvalue weighted by molar-refractivity contribution is 5.99. The van der Waals surface area contributed by atoms with Crippen molar-refractivity contribution in [2.24, 2.45) is 11.8 Å². The fourth-order valence-corrected chi connectivity index (χ4v) is 3.82. The van der Waals surface area contributed by atoms with Crippen molar-refractivity contribution in [2.75, 3.05) is 16.4 Å². The molecule has 0 spiro atoms. The monoisotopic (exact) mass is 403 g/mol. The third-order valence-corrected chi connectivity index (χ3v) is 5.37. The van der Waals surface area contributed by atoms with Crippen molar-refractivity contribution in [1.82, 2.24) is 0 Å². The molecule has 4 N–H and O–H groups in total. The number of nitrogen functional groups attached to an aromatic ring is 1. The Morgan fingerprint density at radius 1 is 1.07 bits per heavy atom. The number of hydrogen-bond donors (Lipinski definition) is 3. The minimum atomic E-state index is -0.608. The van der Waals surface area contributed by atoms with Crippen molar-refractivity contribution in [3.05, 3.63) is 18.2 Å². The molecule has 162 valence electrons. The number of unbranched alkanes of at least 4 members (excludes halogenated alkanes) is 2. The molecule has 0 aliphatic heterocycles. The van der Waals surface area contributed by atoms with Gasteiger partial charge in [-0.15, -0.1) is 0 Å². The summed E-state index contributed by atoms with van der Waals surface area (Å²) in [5, 5.41) is 5.67. The van der Waals surface area contributed by atoms with Gasteiger partial charge < -0.3 is 15.8 Å². The Balaban J connectivity index is 1.94. The molecule has 0 aromatic heterocycles. The first kappa shape index (κ1) is 23.0. The van der Waals surface area contributed by atoms with Crippen LogP contribution in [0.5, 0.6) is 0 Å². The molecule has 1 aromatic carbocycles. The number of carbonyl (C=O) groups is 2. The van der Waals surface area contributed by atoms with Crippen molar-refractivity contribution in [3.63, 3.8) is 0 Å². The Morgan fingerprint density at radius 2 is 1.76 bits per heavy atom. The van der Waals surface area contributed by atoms with Gasteiger partial charge >= 0.3 is 6.09 Å². The number of hydrogen-bond acceptors (Lipinski definition) is 4. The number of nitrogens with one attached hydrogen (secondary N) is 2. The van der Waals surface area contributed by atoms with Gasteiger partial charge in [0.15, 0.2) is 0 Å². The summed E-state index contributed by atoms with van der Waals surface area (Å²) in [5.41, 5.74) is 6.75. The zero-order valence-electron chi connectivity index (χ0n) is 18.3. The van der Waals surface area contributed by atoms with Crippen molar-refractivity contribution >= 4 is 29.1 Å². The molecule has 0 bridgehead atoms. The predicted octanol–water partition coefficient (Wildman–Crippen LogP) is 5.94. The lowest BCUT2D eigenvalue weighted by atomic mass is 9.79. The second-order valence-corrected chi connectivity index (χ2v) is 9.13. The lowest BCUT2D eigenvalue weighted by molar-refractivity contribution is -0.121. The van der Waals surface area contributed by atoms with Gasteiger partial charge in [0, 0.05) is 11.6 Å². The summed E-state index contributed by atoms with van der Waals surface area (Å²) in [6.45, 7) is 7.62. The van der Waals surface area contributed by atoms with Crippen LogP contribution in [0, 0.1) is 11.8 Å². The normalized spacial score (nSPS) is 19.4. The molecule has 1 aliphatic carbocycles. The van der Waals surface area contributed by atoms with Crippen LogP contribution in [0.3, 0.4) is 0 Å². The van der Waals surface area contributed by atoms with Gasteiger partial charge in [0.2, 0.25) is 5.91 Å². The van der Waals surface area contributed by atoms with Crippen LogP contribution < -0.4 is 16.4 Å². The van der Waals surface area contributed by atoms with Crippen molar-refractivity contribution in [1.29, 1.82) is 0 Å². The molecule has 0 heterocycles. The Morgan fingerprint density at radius 3 is 2.38 bits per heavy atom. The second-order valence-electron chi connectivity index (χ2n) is 9.13. The van der Waals surface area contributed by atoms with E-state index in [4.69, 9.17) is 10.5 Å². The summed E-state index contributed by atoms with van der Waals surface area (Å²) in [7, 11) is 0. The van der Waals surface area contributed by atoms with E-state index in [1.807, 2.05) is 0 Å². The van der Waals surface area contributed by atoms with Crippen molar-refractivity contribution in [2.45, 2.75) is 84.7 Å². The number of ether oxygens (including phenoxy) is 1. The molecule has 0 atom stereocenters. The number of amides is 2. The topological polar surface area (TPSA) is 93.5 Å². The van der Waals surface area contributed by atoms with Gasteiger partial charge in [-0.2, -0.15) is 0 Å². The summed E-state index contributed by atoms with van der Waals surface area (Å²) < 4.78 is 5.31. The maximum absolute atomic E-state index is 12.8. The molecule has 0 unspecified atom stereocenters. The Labute approximate surface area is 175 Å². The number of nitrogens with two attached hydrogens (primary N) is 1. The second kappa shape index (κ2) is 10.5. The predicted molar refractivity (Wildman–Crippen MR) is 119 cm³/mol. The molecule has 6 nitrogen and oxygen atoms in total. The zero-order valence-corrected chi connectivity index (χ0v) is 18.3. The highest BCUT2D eigenvalue weighted by Gasteiger charge is 2.27. The van der Waals surface area contributed by atoms with E-state index in [0.717, 1.165) is 31.6 Å². The summed E-state index contributed by atoms with van der Waals surface area (Å²) in [6, 6.07) is 5.06. The van der Waals surface area contributed by atoms with Crippen LogP contribution in [0.25, 0.3) is 0 Å². The first-order chi connectivity index (χ1) is 13.7. The third-order valence-electron chi connectivity index (χ3n) is 5.37. The first-order valence-corrected chi connectivity index (χ1v) is 10.9. The Bertz CT molecular complexity index is 689.